The van der Waals surface area contributed by atoms with Gasteiger partial charge in [-0.05, 0) is 44.0 Å². The first kappa shape index (κ1) is 24.4. The molecule has 1 saturated heterocycles. The van der Waals surface area contributed by atoms with Crippen molar-refractivity contribution in [3.8, 4) is 0 Å². The summed E-state index contributed by atoms with van der Waals surface area (Å²) in [6.45, 7) is 11.1. The molecular weight excluding hydrogens is 489 g/mol. The first-order chi connectivity index (χ1) is 14.0. The zero-order valence-electron chi connectivity index (χ0n) is 18.5. The van der Waals surface area contributed by atoms with Crippen molar-refractivity contribution in [1.29, 1.82) is 0 Å². The third-order valence-electron chi connectivity index (χ3n) is 5.02. The first-order valence-electron chi connectivity index (χ1n) is 10.4. The normalized spacial score (nSPS) is 16.7. The largest absolute Gasteiger partial charge is 0.375 e. The zero-order valence-corrected chi connectivity index (χ0v) is 20.8. The molecule has 2 heterocycles. The molecule has 30 heavy (non-hydrogen) atoms. The molecule has 7 heteroatoms. The standard InChI is InChI=1S/C23H33N5O.HI/c1-5-24-23(27(4)17-20-8-6-18(2)7-9-20)26-15-21-10-11-25-22(14-21)28-12-13-29-19(3)16-28;/h6-11,14,19H,5,12-13,15-17H2,1-4H3,(H,24,26);1H. The van der Waals surface area contributed by atoms with E-state index in [9.17, 15) is 0 Å². The monoisotopic (exact) mass is 523 g/mol. The van der Waals surface area contributed by atoms with Crippen LogP contribution in [0.5, 0.6) is 0 Å². The number of nitrogens with zero attached hydrogens (tertiary/aromatic N) is 4. The van der Waals surface area contributed by atoms with Gasteiger partial charge in [0.15, 0.2) is 5.96 Å². The minimum absolute atomic E-state index is 0. The van der Waals surface area contributed by atoms with Gasteiger partial charge in [-0.15, -0.1) is 24.0 Å². The first-order valence-corrected chi connectivity index (χ1v) is 10.4. The molecule has 1 fully saturated rings. The second kappa shape index (κ2) is 12.1. The molecule has 0 saturated carbocycles. The van der Waals surface area contributed by atoms with E-state index in [1.165, 1.54) is 11.1 Å². The quantitative estimate of drug-likeness (QED) is 0.355. The Morgan fingerprint density at radius 1 is 1.27 bits per heavy atom. The number of benzene rings is 1. The number of guanidine groups is 1. The lowest BCUT2D eigenvalue weighted by Gasteiger charge is -2.32. The van der Waals surface area contributed by atoms with Gasteiger partial charge in [-0.25, -0.2) is 9.98 Å². The van der Waals surface area contributed by atoms with Crippen LogP contribution in [0.25, 0.3) is 0 Å². The van der Waals surface area contributed by atoms with E-state index >= 15 is 0 Å². The topological polar surface area (TPSA) is 53.0 Å². The predicted molar refractivity (Wildman–Crippen MR) is 135 cm³/mol. The Balaban J connectivity index is 0.00000320. The smallest absolute Gasteiger partial charge is 0.194 e. The van der Waals surface area contributed by atoms with Gasteiger partial charge in [-0.1, -0.05) is 29.8 Å². The number of hydrogen-bond acceptors (Lipinski definition) is 4. The number of halogens is 1. The van der Waals surface area contributed by atoms with Crippen LogP contribution in [0.2, 0.25) is 0 Å². The number of aliphatic imine (C=N–C) groups is 1. The van der Waals surface area contributed by atoms with Gasteiger partial charge in [-0.3, -0.25) is 0 Å². The molecule has 3 rings (SSSR count). The van der Waals surface area contributed by atoms with Crippen LogP contribution >= 0.6 is 24.0 Å². The maximum Gasteiger partial charge on any atom is 0.194 e. The van der Waals surface area contributed by atoms with E-state index in [0.717, 1.165) is 50.1 Å². The Bertz CT molecular complexity index is 811. The lowest BCUT2D eigenvalue weighted by Crippen LogP contribution is -2.41. The van der Waals surface area contributed by atoms with E-state index in [1.54, 1.807) is 0 Å². The van der Waals surface area contributed by atoms with Crippen LogP contribution < -0.4 is 10.2 Å². The molecule has 0 spiro atoms. The summed E-state index contributed by atoms with van der Waals surface area (Å²) >= 11 is 0. The average molecular weight is 523 g/mol. The number of anilines is 1. The third kappa shape index (κ3) is 7.12. The van der Waals surface area contributed by atoms with Crippen LogP contribution in [-0.2, 0) is 17.8 Å². The summed E-state index contributed by atoms with van der Waals surface area (Å²) in [7, 11) is 2.08. The Morgan fingerprint density at radius 3 is 2.73 bits per heavy atom. The van der Waals surface area contributed by atoms with E-state index in [1.807, 2.05) is 12.3 Å². The molecule has 0 amide bonds. The Hall–Kier alpha value is -1.87. The third-order valence-corrected chi connectivity index (χ3v) is 5.02. The zero-order chi connectivity index (χ0) is 20.6. The lowest BCUT2D eigenvalue weighted by molar-refractivity contribution is 0.0529. The Morgan fingerprint density at radius 2 is 2.03 bits per heavy atom. The van der Waals surface area contributed by atoms with Crippen molar-refractivity contribution >= 4 is 35.8 Å². The van der Waals surface area contributed by atoms with Crippen molar-refractivity contribution in [1.82, 2.24) is 15.2 Å². The van der Waals surface area contributed by atoms with Gasteiger partial charge < -0.3 is 19.9 Å². The van der Waals surface area contributed by atoms with Crippen molar-refractivity contribution in [2.75, 3.05) is 38.2 Å². The van der Waals surface area contributed by atoms with Crippen molar-refractivity contribution in [2.45, 2.75) is 40.0 Å². The number of ether oxygens (including phenoxy) is 1. The molecule has 1 aromatic carbocycles. The van der Waals surface area contributed by atoms with E-state index in [-0.39, 0.29) is 30.1 Å². The van der Waals surface area contributed by atoms with Gasteiger partial charge in [0.2, 0.25) is 0 Å². The van der Waals surface area contributed by atoms with Crippen molar-refractivity contribution < 1.29 is 4.74 Å². The molecule has 1 atom stereocenters. The highest BCUT2D eigenvalue weighted by Crippen LogP contribution is 2.17. The van der Waals surface area contributed by atoms with Crippen molar-refractivity contribution in [3.63, 3.8) is 0 Å². The summed E-state index contributed by atoms with van der Waals surface area (Å²) in [6.07, 6.45) is 2.12. The number of aromatic nitrogens is 1. The van der Waals surface area contributed by atoms with Crippen molar-refractivity contribution in [3.05, 3.63) is 59.3 Å². The van der Waals surface area contributed by atoms with Gasteiger partial charge >= 0.3 is 0 Å². The van der Waals surface area contributed by atoms with Crippen LogP contribution in [0.15, 0.2) is 47.6 Å². The minimum atomic E-state index is 0. The molecule has 1 aliphatic heterocycles. The number of hydrogen-bond donors (Lipinski definition) is 1. The summed E-state index contributed by atoms with van der Waals surface area (Å²) in [5.41, 5.74) is 3.71. The Labute approximate surface area is 197 Å². The number of nitrogens with one attached hydrogen (secondary N) is 1. The molecule has 1 unspecified atom stereocenters. The highest BCUT2D eigenvalue weighted by Gasteiger charge is 2.18. The maximum atomic E-state index is 5.64. The highest BCUT2D eigenvalue weighted by molar-refractivity contribution is 14.0. The number of aryl methyl sites for hydroxylation is 1. The molecule has 1 aromatic heterocycles. The van der Waals surface area contributed by atoms with Gasteiger partial charge in [0.05, 0.1) is 19.3 Å². The van der Waals surface area contributed by atoms with Gasteiger partial charge in [-0.2, -0.15) is 0 Å². The summed E-state index contributed by atoms with van der Waals surface area (Å²) in [4.78, 5) is 13.9. The molecule has 0 aliphatic carbocycles. The van der Waals surface area contributed by atoms with Crippen LogP contribution in [-0.4, -0.2) is 55.2 Å². The summed E-state index contributed by atoms with van der Waals surface area (Å²) in [5, 5.41) is 3.40. The second-order valence-electron chi connectivity index (χ2n) is 7.66. The van der Waals surface area contributed by atoms with E-state index in [0.29, 0.717) is 6.54 Å². The summed E-state index contributed by atoms with van der Waals surface area (Å²) in [6, 6.07) is 12.8. The van der Waals surface area contributed by atoms with Gasteiger partial charge in [0, 0.05) is 39.4 Å². The van der Waals surface area contributed by atoms with Crippen LogP contribution in [0.1, 0.15) is 30.5 Å². The molecule has 1 N–H and O–H groups in total. The second-order valence-corrected chi connectivity index (χ2v) is 7.66. The van der Waals surface area contributed by atoms with E-state index in [4.69, 9.17) is 9.73 Å². The van der Waals surface area contributed by atoms with Crippen LogP contribution in [0.3, 0.4) is 0 Å². The summed E-state index contributed by atoms with van der Waals surface area (Å²) in [5.74, 6) is 1.91. The number of morpholine rings is 1. The van der Waals surface area contributed by atoms with Crippen molar-refractivity contribution in [2.24, 2.45) is 4.99 Å². The predicted octanol–water partition coefficient (Wildman–Crippen LogP) is 3.83. The molecule has 164 valence electrons. The van der Waals surface area contributed by atoms with Crippen LogP contribution in [0.4, 0.5) is 5.82 Å². The highest BCUT2D eigenvalue weighted by atomic mass is 127. The molecule has 6 nitrogen and oxygen atoms in total. The average Bonchev–Trinajstić information content (AvgIpc) is 2.73. The number of rotatable bonds is 6. The lowest BCUT2D eigenvalue weighted by atomic mass is 10.1. The van der Waals surface area contributed by atoms with Crippen LogP contribution in [0, 0.1) is 6.92 Å². The molecule has 0 radical (unpaired) electrons. The molecule has 1 aliphatic rings. The fraction of sp³-hybridized carbons (Fsp3) is 0.478. The summed E-state index contributed by atoms with van der Waals surface area (Å²) < 4.78 is 5.64. The maximum absolute atomic E-state index is 5.64. The van der Waals surface area contributed by atoms with E-state index in [2.05, 4.69) is 78.3 Å². The fourth-order valence-corrected chi connectivity index (χ4v) is 3.44. The SMILES string of the molecule is CCNC(=NCc1ccnc(N2CCOC(C)C2)c1)N(C)Cc1ccc(C)cc1.I. The van der Waals surface area contributed by atoms with E-state index < -0.39 is 0 Å². The molecular formula is C23H34IN5O. The molecule has 2 aromatic rings. The van der Waals surface area contributed by atoms with Gasteiger partial charge in [0.25, 0.3) is 0 Å². The molecule has 0 bridgehead atoms. The fourth-order valence-electron chi connectivity index (χ4n) is 3.44. The number of pyridine rings is 1. The van der Waals surface area contributed by atoms with Gasteiger partial charge in [0.1, 0.15) is 5.82 Å². The minimum Gasteiger partial charge on any atom is -0.375 e. The Kier molecular flexibility index (Phi) is 9.84.